The van der Waals surface area contributed by atoms with E-state index >= 15 is 0 Å². The molecule has 0 atom stereocenters. The molecule has 8 heteroatoms. The third-order valence-electron chi connectivity index (χ3n) is 3.24. The number of aromatic nitrogens is 3. The fourth-order valence-corrected chi connectivity index (χ4v) is 2.67. The number of carboxylic acids is 1. The Labute approximate surface area is 133 Å². The smallest absolute Gasteiger partial charge is 0.341 e. The molecule has 6 nitrogen and oxygen atoms in total. The normalized spacial score (nSPS) is 11.0. The van der Waals surface area contributed by atoms with Crippen LogP contribution < -0.4 is 5.56 Å². The quantitative estimate of drug-likeness (QED) is 0.769. The lowest BCUT2D eigenvalue weighted by atomic mass is 10.1. The van der Waals surface area contributed by atoms with Gasteiger partial charge in [-0.05, 0) is 18.2 Å². The first-order chi connectivity index (χ1) is 10.5. The number of fused-ring (bicyclic) bond motifs is 1. The fraction of sp³-hybridized carbons (Fsp3) is 0.0714. The third-order valence-corrected chi connectivity index (χ3v) is 4.07. The van der Waals surface area contributed by atoms with Gasteiger partial charge in [0.2, 0.25) is 0 Å². The van der Waals surface area contributed by atoms with E-state index in [2.05, 4.69) is 10.1 Å². The van der Waals surface area contributed by atoms with Crippen molar-refractivity contribution in [3.63, 3.8) is 0 Å². The molecule has 0 amide bonds. The van der Waals surface area contributed by atoms with Crippen LogP contribution in [0.3, 0.4) is 0 Å². The van der Waals surface area contributed by atoms with E-state index in [1.807, 2.05) is 0 Å². The number of pyridine rings is 1. The zero-order valence-corrected chi connectivity index (χ0v) is 12.5. The zero-order valence-electron chi connectivity index (χ0n) is 11.0. The molecule has 112 valence electrons. The van der Waals surface area contributed by atoms with Crippen molar-refractivity contribution in [1.29, 1.82) is 0 Å². The van der Waals surface area contributed by atoms with Gasteiger partial charge in [-0.3, -0.25) is 9.48 Å². The van der Waals surface area contributed by atoms with Crippen molar-refractivity contribution >= 4 is 40.1 Å². The van der Waals surface area contributed by atoms with Crippen molar-refractivity contribution < 1.29 is 9.90 Å². The first kappa shape index (κ1) is 14.6. The van der Waals surface area contributed by atoms with E-state index in [0.717, 1.165) is 0 Å². The Hall–Kier alpha value is -2.31. The van der Waals surface area contributed by atoms with Gasteiger partial charge in [0.25, 0.3) is 5.56 Å². The lowest BCUT2D eigenvalue weighted by Gasteiger charge is -2.11. The molecule has 0 saturated heterocycles. The zero-order chi connectivity index (χ0) is 15.9. The van der Waals surface area contributed by atoms with Crippen LogP contribution in [0.15, 0.2) is 35.4 Å². The van der Waals surface area contributed by atoms with Gasteiger partial charge >= 0.3 is 5.97 Å². The van der Waals surface area contributed by atoms with Crippen molar-refractivity contribution in [2.45, 2.75) is 6.54 Å². The lowest BCUT2D eigenvalue weighted by Crippen LogP contribution is -2.18. The van der Waals surface area contributed by atoms with Gasteiger partial charge in [0.05, 0.1) is 22.1 Å². The summed E-state index contributed by atoms with van der Waals surface area (Å²) < 4.78 is 1.63. The topological polar surface area (TPSA) is 88.0 Å². The highest BCUT2D eigenvalue weighted by Crippen LogP contribution is 2.32. The van der Waals surface area contributed by atoms with Crippen LogP contribution in [0.5, 0.6) is 0 Å². The van der Waals surface area contributed by atoms with Crippen molar-refractivity contribution in [2.75, 3.05) is 0 Å². The Morgan fingerprint density at radius 3 is 2.77 bits per heavy atom. The second-order valence-corrected chi connectivity index (χ2v) is 5.42. The maximum absolute atomic E-state index is 11.9. The monoisotopic (exact) mass is 337 g/mol. The van der Waals surface area contributed by atoms with Crippen molar-refractivity contribution in [3.05, 3.63) is 62.1 Å². The predicted octanol–water partition coefficient (Wildman–Crippen LogP) is 2.78. The van der Waals surface area contributed by atoms with Gasteiger partial charge in [-0.1, -0.05) is 23.2 Å². The first-order valence-electron chi connectivity index (χ1n) is 6.22. The van der Waals surface area contributed by atoms with Gasteiger partial charge in [0.15, 0.2) is 0 Å². The van der Waals surface area contributed by atoms with E-state index in [0.29, 0.717) is 28.0 Å². The highest BCUT2D eigenvalue weighted by molar-refractivity contribution is 6.43. The molecule has 0 radical (unpaired) electrons. The number of benzene rings is 1. The summed E-state index contributed by atoms with van der Waals surface area (Å²) in [6, 6.07) is 4.56. The second kappa shape index (κ2) is 5.47. The molecule has 2 N–H and O–H groups in total. The number of hydrogen-bond donors (Lipinski definition) is 2. The summed E-state index contributed by atoms with van der Waals surface area (Å²) in [6.45, 7) is 0.297. The summed E-state index contributed by atoms with van der Waals surface area (Å²) in [5.41, 5.74) is -0.0298. The highest BCUT2D eigenvalue weighted by atomic mass is 35.5. The van der Waals surface area contributed by atoms with Crippen LogP contribution in [-0.2, 0) is 6.54 Å². The fourth-order valence-electron chi connectivity index (χ4n) is 2.23. The molecule has 0 aliphatic heterocycles. The Bertz CT molecular complexity index is 933. The molecular formula is C14H9Cl2N3O3. The largest absolute Gasteiger partial charge is 0.477 e. The summed E-state index contributed by atoms with van der Waals surface area (Å²) >= 11 is 12.3. The summed E-state index contributed by atoms with van der Waals surface area (Å²) in [4.78, 5) is 25.5. The third kappa shape index (κ3) is 2.47. The van der Waals surface area contributed by atoms with Gasteiger partial charge in [-0.25, -0.2) is 4.79 Å². The summed E-state index contributed by atoms with van der Waals surface area (Å²) in [5, 5.41) is 14.2. The minimum absolute atomic E-state index is 0.278. The van der Waals surface area contributed by atoms with Gasteiger partial charge in [-0.15, -0.1) is 0 Å². The first-order valence-corrected chi connectivity index (χ1v) is 6.97. The molecule has 2 heterocycles. The number of rotatable bonds is 3. The number of nitrogens with one attached hydrogen (secondary N) is 1. The van der Waals surface area contributed by atoms with E-state index in [4.69, 9.17) is 28.3 Å². The molecule has 0 saturated carbocycles. The number of carboxylic acid groups (broad SMARTS) is 1. The van der Waals surface area contributed by atoms with E-state index in [9.17, 15) is 9.59 Å². The number of H-pyrrole nitrogens is 1. The molecule has 22 heavy (non-hydrogen) atoms. The van der Waals surface area contributed by atoms with Crippen LogP contribution in [0, 0.1) is 0 Å². The summed E-state index contributed by atoms with van der Waals surface area (Å²) in [6.07, 6.45) is 3.36. The van der Waals surface area contributed by atoms with Crippen molar-refractivity contribution in [1.82, 2.24) is 14.8 Å². The van der Waals surface area contributed by atoms with E-state index < -0.39 is 11.5 Å². The molecule has 1 aromatic carbocycles. The molecule has 0 aliphatic rings. The lowest BCUT2D eigenvalue weighted by molar-refractivity contribution is 0.0695. The molecular weight excluding hydrogens is 329 g/mol. The average molecular weight is 338 g/mol. The number of carbonyl (C=O) groups is 1. The van der Waals surface area contributed by atoms with Crippen LogP contribution in [0.2, 0.25) is 10.0 Å². The Morgan fingerprint density at radius 1 is 1.36 bits per heavy atom. The summed E-state index contributed by atoms with van der Waals surface area (Å²) in [5.74, 6) is -1.30. The van der Waals surface area contributed by atoms with Crippen LogP contribution in [0.1, 0.15) is 15.9 Å². The maximum atomic E-state index is 11.9. The molecule has 0 fully saturated rings. The molecule has 3 aromatic rings. The molecule has 3 rings (SSSR count). The number of aromatic carboxylic acids is 1. The minimum Gasteiger partial charge on any atom is -0.477 e. The number of halogens is 2. The van der Waals surface area contributed by atoms with Crippen molar-refractivity contribution in [3.8, 4) is 0 Å². The van der Waals surface area contributed by atoms with Crippen LogP contribution >= 0.6 is 23.2 Å². The molecule has 0 bridgehead atoms. The molecule has 0 unspecified atom stereocenters. The average Bonchev–Trinajstić information content (AvgIpc) is 2.97. The van der Waals surface area contributed by atoms with Gasteiger partial charge in [0, 0.05) is 23.3 Å². The van der Waals surface area contributed by atoms with Gasteiger partial charge < -0.3 is 10.1 Å². The van der Waals surface area contributed by atoms with E-state index in [-0.39, 0.29) is 10.6 Å². The number of hydrogen-bond acceptors (Lipinski definition) is 3. The van der Waals surface area contributed by atoms with Gasteiger partial charge in [-0.2, -0.15) is 5.10 Å². The standard InChI is InChI=1S/C14H9Cl2N3O3/c15-10-5-7-4-8(14(21)22)13(20)18-12(7)9(11(10)16)6-19-3-1-2-17-19/h1-5H,6H2,(H,18,20)(H,21,22). The maximum Gasteiger partial charge on any atom is 0.341 e. The van der Waals surface area contributed by atoms with Crippen LogP contribution in [0.4, 0.5) is 0 Å². The highest BCUT2D eigenvalue weighted by Gasteiger charge is 2.16. The summed E-state index contributed by atoms with van der Waals surface area (Å²) in [7, 11) is 0. The SMILES string of the molecule is O=C(O)c1cc2cc(Cl)c(Cl)c(Cn3cccn3)c2[nH]c1=O. The molecule has 2 aromatic heterocycles. The Morgan fingerprint density at radius 2 is 2.14 bits per heavy atom. The van der Waals surface area contributed by atoms with E-state index in [1.165, 1.54) is 12.1 Å². The Balaban J connectivity index is 2.29. The second-order valence-electron chi connectivity index (χ2n) is 4.64. The van der Waals surface area contributed by atoms with Gasteiger partial charge in [0.1, 0.15) is 5.56 Å². The minimum atomic E-state index is -1.30. The van der Waals surface area contributed by atoms with Crippen molar-refractivity contribution in [2.24, 2.45) is 0 Å². The number of nitrogens with zero attached hydrogens (tertiary/aromatic N) is 2. The molecule has 0 spiro atoms. The predicted molar refractivity (Wildman–Crippen MR) is 82.9 cm³/mol. The van der Waals surface area contributed by atoms with Crippen LogP contribution in [-0.4, -0.2) is 25.8 Å². The van der Waals surface area contributed by atoms with E-state index in [1.54, 1.807) is 23.1 Å². The molecule has 0 aliphatic carbocycles. The van der Waals surface area contributed by atoms with Crippen LogP contribution in [0.25, 0.3) is 10.9 Å². The Kier molecular flexibility index (Phi) is 3.64. The number of aromatic amines is 1.